The number of anilines is 1. The SMILES string of the molecule is Cc1cc(S(N)(=O)=O)cc(NC(=O)c2nc3nccc(C)n3n2)c1C. The van der Waals surface area contributed by atoms with Gasteiger partial charge in [0.05, 0.1) is 4.90 Å². The second-order valence-electron chi connectivity index (χ2n) is 5.65. The van der Waals surface area contributed by atoms with Crippen LogP contribution in [0.2, 0.25) is 0 Å². The summed E-state index contributed by atoms with van der Waals surface area (Å²) in [7, 11) is -3.89. The molecule has 0 aliphatic heterocycles. The van der Waals surface area contributed by atoms with Gasteiger partial charge in [-0.2, -0.15) is 4.98 Å². The number of rotatable bonds is 3. The van der Waals surface area contributed by atoms with Crippen LogP contribution in [0.5, 0.6) is 0 Å². The van der Waals surface area contributed by atoms with Crippen molar-refractivity contribution in [3.63, 3.8) is 0 Å². The van der Waals surface area contributed by atoms with Crippen molar-refractivity contribution >= 4 is 27.4 Å². The van der Waals surface area contributed by atoms with E-state index in [0.29, 0.717) is 17.0 Å². The van der Waals surface area contributed by atoms with Gasteiger partial charge in [0.15, 0.2) is 0 Å². The Morgan fingerprint density at radius 3 is 2.60 bits per heavy atom. The van der Waals surface area contributed by atoms with E-state index in [1.54, 1.807) is 26.1 Å². The fourth-order valence-electron chi connectivity index (χ4n) is 2.30. The van der Waals surface area contributed by atoms with Crippen LogP contribution in [0.25, 0.3) is 5.78 Å². The van der Waals surface area contributed by atoms with Gasteiger partial charge in [-0.1, -0.05) is 0 Å². The van der Waals surface area contributed by atoms with Crippen LogP contribution in [0, 0.1) is 20.8 Å². The molecule has 0 aliphatic carbocycles. The molecule has 10 heteroatoms. The van der Waals surface area contributed by atoms with Gasteiger partial charge in [0, 0.05) is 17.6 Å². The number of aryl methyl sites for hydroxylation is 2. The van der Waals surface area contributed by atoms with E-state index in [4.69, 9.17) is 5.14 Å². The summed E-state index contributed by atoms with van der Waals surface area (Å²) in [6, 6.07) is 4.51. The standard InChI is InChI=1S/C15H16N6O3S/c1-8-6-11(25(16,23)24)7-12(10(8)3)18-14(22)13-19-15-17-5-4-9(2)21(15)20-13/h4-7H,1-3H3,(H,18,22)(H2,16,23,24). The first-order valence-electron chi connectivity index (χ1n) is 7.30. The lowest BCUT2D eigenvalue weighted by Gasteiger charge is -2.11. The summed E-state index contributed by atoms with van der Waals surface area (Å²) in [6.45, 7) is 5.31. The highest BCUT2D eigenvalue weighted by Gasteiger charge is 2.18. The fourth-order valence-corrected chi connectivity index (χ4v) is 2.92. The van der Waals surface area contributed by atoms with E-state index < -0.39 is 15.9 Å². The maximum Gasteiger partial charge on any atom is 0.295 e. The molecule has 0 bridgehead atoms. The predicted octanol–water partition coefficient (Wildman–Crippen LogP) is 0.949. The number of hydrogen-bond acceptors (Lipinski definition) is 6. The third-order valence-electron chi connectivity index (χ3n) is 3.85. The van der Waals surface area contributed by atoms with Crippen LogP contribution < -0.4 is 10.5 Å². The summed E-state index contributed by atoms with van der Waals surface area (Å²) < 4.78 is 24.6. The van der Waals surface area contributed by atoms with E-state index in [1.165, 1.54) is 16.6 Å². The molecule has 3 aromatic rings. The van der Waals surface area contributed by atoms with Crippen LogP contribution >= 0.6 is 0 Å². The first kappa shape index (κ1) is 17.0. The number of nitrogens with two attached hydrogens (primary N) is 1. The van der Waals surface area contributed by atoms with Crippen LogP contribution in [0.3, 0.4) is 0 Å². The minimum absolute atomic E-state index is 0.0696. The summed E-state index contributed by atoms with van der Waals surface area (Å²) in [5, 5.41) is 11.9. The van der Waals surface area contributed by atoms with E-state index in [1.807, 2.05) is 6.92 Å². The number of benzene rings is 1. The van der Waals surface area contributed by atoms with Crippen LogP contribution in [-0.2, 0) is 10.0 Å². The molecule has 0 atom stereocenters. The number of sulfonamides is 1. The maximum absolute atomic E-state index is 12.5. The second kappa shape index (κ2) is 5.90. The Balaban J connectivity index is 2.00. The topological polar surface area (TPSA) is 132 Å². The molecular formula is C15H16N6O3S. The minimum Gasteiger partial charge on any atom is -0.319 e. The third kappa shape index (κ3) is 3.21. The predicted molar refractivity (Wildman–Crippen MR) is 90.8 cm³/mol. The zero-order chi connectivity index (χ0) is 18.4. The van der Waals surface area contributed by atoms with E-state index in [9.17, 15) is 13.2 Å². The molecule has 1 amide bonds. The normalized spacial score (nSPS) is 11.7. The molecule has 0 fully saturated rings. The van der Waals surface area contributed by atoms with E-state index in [0.717, 1.165) is 11.3 Å². The Labute approximate surface area is 144 Å². The summed E-state index contributed by atoms with van der Waals surface area (Å²) in [5.41, 5.74) is 2.51. The molecule has 3 rings (SSSR count). The molecular weight excluding hydrogens is 344 g/mol. The molecule has 0 unspecified atom stereocenters. The van der Waals surface area contributed by atoms with Crippen molar-refractivity contribution in [2.45, 2.75) is 25.7 Å². The number of carbonyl (C=O) groups excluding carboxylic acids is 1. The van der Waals surface area contributed by atoms with E-state index >= 15 is 0 Å². The van der Waals surface area contributed by atoms with Gasteiger partial charge in [-0.25, -0.2) is 23.1 Å². The number of hydrogen-bond donors (Lipinski definition) is 2. The number of nitrogens with one attached hydrogen (secondary N) is 1. The molecule has 25 heavy (non-hydrogen) atoms. The third-order valence-corrected chi connectivity index (χ3v) is 4.74. The van der Waals surface area contributed by atoms with Crippen LogP contribution in [0.15, 0.2) is 29.3 Å². The first-order chi connectivity index (χ1) is 11.7. The summed E-state index contributed by atoms with van der Waals surface area (Å²) in [5.74, 6) is -0.338. The van der Waals surface area contributed by atoms with Gasteiger partial charge < -0.3 is 5.32 Å². The van der Waals surface area contributed by atoms with Gasteiger partial charge >= 0.3 is 0 Å². The van der Waals surface area contributed by atoms with Gasteiger partial charge in [0.2, 0.25) is 15.8 Å². The van der Waals surface area contributed by atoms with Crippen molar-refractivity contribution in [2.24, 2.45) is 5.14 Å². The lowest BCUT2D eigenvalue weighted by Crippen LogP contribution is -2.17. The van der Waals surface area contributed by atoms with Crippen LogP contribution in [-0.4, -0.2) is 33.9 Å². The Bertz CT molecular complexity index is 1100. The van der Waals surface area contributed by atoms with Gasteiger partial charge in [0.25, 0.3) is 11.7 Å². The molecule has 3 N–H and O–H groups in total. The second-order valence-corrected chi connectivity index (χ2v) is 7.21. The van der Waals surface area contributed by atoms with Crippen molar-refractivity contribution in [1.29, 1.82) is 0 Å². The van der Waals surface area contributed by atoms with Crippen LogP contribution in [0.1, 0.15) is 27.4 Å². The highest BCUT2D eigenvalue weighted by atomic mass is 32.2. The monoisotopic (exact) mass is 360 g/mol. The lowest BCUT2D eigenvalue weighted by molar-refractivity contribution is 0.101. The molecule has 130 valence electrons. The van der Waals surface area contributed by atoms with Crippen molar-refractivity contribution in [3.8, 4) is 0 Å². The van der Waals surface area contributed by atoms with Gasteiger partial charge in [-0.3, -0.25) is 4.79 Å². The molecule has 0 radical (unpaired) electrons. The van der Waals surface area contributed by atoms with Crippen LogP contribution in [0.4, 0.5) is 5.69 Å². The van der Waals surface area contributed by atoms with Gasteiger partial charge in [-0.15, -0.1) is 5.10 Å². The quantitative estimate of drug-likeness (QED) is 0.714. The number of aromatic nitrogens is 4. The zero-order valence-corrected chi connectivity index (χ0v) is 14.6. The highest BCUT2D eigenvalue weighted by molar-refractivity contribution is 7.89. The van der Waals surface area contributed by atoms with Gasteiger partial charge in [0.1, 0.15) is 0 Å². The number of amides is 1. The molecule has 0 aliphatic rings. The number of fused-ring (bicyclic) bond motifs is 1. The fraction of sp³-hybridized carbons (Fsp3) is 0.200. The molecule has 1 aromatic carbocycles. The molecule has 9 nitrogen and oxygen atoms in total. The Hall–Kier alpha value is -2.85. The summed E-state index contributed by atoms with van der Waals surface area (Å²) in [6.07, 6.45) is 1.57. The van der Waals surface area contributed by atoms with Crippen molar-refractivity contribution in [1.82, 2.24) is 19.6 Å². The molecule has 0 saturated carbocycles. The average molecular weight is 360 g/mol. The highest BCUT2D eigenvalue weighted by Crippen LogP contribution is 2.24. The average Bonchev–Trinajstić information content (AvgIpc) is 2.96. The van der Waals surface area contributed by atoms with Crippen molar-refractivity contribution < 1.29 is 13.2 Å². The number of nitrogens with zero attached hydrogens (tertiary/aromatic N) is 4. The van der Waals surface area contributed by atoms with Crippen molar-refractivity contribution in [3.05, 3.63) is 47.0 Å². The largest absolute Gasteiger partial charge is 0.319 e. The van der Waals surface area contributed by atoms with Crippen molar-refractivity contribution in [2.75, 3.05) is 5.32 Å². The number of carbonyl (C=O) groups is 1. The molecule has 0 spiro atoms. The molecule has 2 aromatic heterocycles. The summed E-state index contributed by atoms with van der Waals surface area (Å²) in [4.78, 5) is 20.5. The Kier molecular flexibility index (Phi) is 4.01. The smallest absolute Gasteiger partial charge is 0.295 e. The van der Waals surface area contributed by atoms with Gasteiger partial charge in [-0.05, 0) is 50.1 Å². The summed E-state index contributed by atoms with van der Waals surface area (Å²) >= 11 is 0. The number of primary sulfonamides is 1. The Morgan fingerprint density at radius 1 is 1.24 bits per heavy atom. The maximum atomic E-state index is 12.5. The minimum atomic E-state index is -3.89. The molecule has 2 heterocycles. The van der Waals surface area contributed by atoms with E-state index in [2.05, 4.69) is 20.4 Å². The Morgan fingerprint density at radius 2 is 1.96 bits per heavy atom. The molecule has 0 saturated heterocycles. The zero-order valence-electron chi connectivity index (χ0n) is 13.8. The van der Waals surface area contributed by atoms with E-state index in [-0.39, 0.29) is 10.7 Å². The first-order valence-corrected chi connectivity index (χ1v) is 8.85. The lowest BCUT2D eigenvalue weighted by atomic mass is 10.1.